The molecular formula is C14H14N4S. The lowest BCUT2D eigenvalue weighted by Crippen LogP contribution is -2.12. The van der Waals surface area contributed by atoms with Gasteiger partial charge in [0.1, 0.15) is 0 Å². The Kier molecular flexibility index (Phi) is 3.39. The summed E-state index contributed by atoms with van der Waals surface area (Å²) in [6, 6.07) is 9.94. The van der Waals surface area contributed by atoms with Crippen LogP contribution in [0.2, 0.25) is 0 Å². The molecule has 0 aliphatic heterocycles. The van der Waals surface area contributed by atoms with Crippen molar-refractivity contribution < 1.29 is 0 Å². The van der Waals surface area contributed by atoms with Crippen LogP contribution in [0.15, 0.2) is 54.3 Å². The van der Waals surface area contributed by atoms with Crippen molar-refractivity contribution >= 4 is 11.3 Å². The van der Waals surface area contributed by atoms with E-state index in [1.807, 2.05) is 52.8 Å². The maximum Gasteiger partial charge on any atom is 0.0943 e. The molecule has 0 radical (unpaired) electrons. The van der Waals surface area contributed by atoms with Crippen LogP contribution in [0, 0.1) is 0 Å². The van der Waals surface area contributed by atoms with Gasteiger partial charge in [-0.2, -0.15) is 5.10 Å². The van der Waals surface area contributed by atoms with Gasteiger partial charge in [-0.1, -0.05) is 18.2 Å². The normalized spacial score (nSPS) is 12.5. The smallest absolute Gasteiger partial charge is 0.0943 e. The summed E-state index contributed by atoms with van der Waals surface area (Å²) in [6.45, 7) is 0. The first-order valence-corrected chi connectivity index (χ1v) is 6.95. The Balaban J connectivity index is 1.78. The van der Waals surface area contributed by atoms with Crippen LogP contribution in [0.25, 0.3) is 5.69 Å². The number of aromatic nitrogens is 3. The van der Waals surface area contributed by atoms with Gasteiger partial charge in [-0.05, 0) is 12.1 Å². The third-order valence-corrected chi connectivity index (χ3v) is 3.73. The summed E-state index contributed by atoms with van der Waals surface area (Å²) in [5.41, 5.74) is 8.26. The molecule has 3 aromatic rings. The number of thiazole rings is 1. The molecule has 3 rings (SSSR count). The van der Waals surface area contributed by atoms with E-state index in [0.29, 0.717) is 0 Å². The second-order valence-corrected chi connectivity index (χ2v) is 5.27. The van der Waals surface area contributed by atoms with E-state index in [0.717, 1.165) is 22.7 Å². The Morgan fingerprint density at radius 2 is 2.11 bits per heavy atom. The van der Waals surface area contributed by atoms with E-state index in [2.05, 4.69) is 10.1 Å². The van der Waals surface area contributed by atoms with E-state index in [-0.39, 0.29) is 6.04 Å². The third kappa shape index (κ3) is 2.72. The van der Waals surface area contributed by atoms with Gasteiger partial charge in [0.05, 0.1) is 16.9 Å². The molecular weight excluding hydrogens is 256 g/mol. The first-order chi connectivity index (χ1) is 9.33. The lowest BCUT2D eigenvalue weighted by Gasteiger charge is -2.06. The highest BCUT2D eigenvalue weighted by Crippen LogP contribution is 2.18. The summed E-state index contributed by atoms with van der Waals surface area (Å²) in [5, 5.41) is 7.38. The minimum atomic E-state index is -0.0661. The zero-order chi connectivity index (χ0) is 13.1. The van der Waals surface area contributed by atoms with Crippen molar-refractivity contribution in [3.05, 3.63) is 64.9 Å². The molecule has 4 nitrogen and oxygen atoms in total. The fourth-order valence-electron chi connectivity index (χ4n) is 1.91. The Bertz CT molecular complexity index is 631. The maximum atomic E-state index is 6.19. The zero-order valence-corrected chi connectivity index (χ0v) is 11.1. The average molecular weight is 270 g/mol. The van der Waals surface area contributed by atoms with Crippen LogP contribution in [-0.4, -0.2) is 14.8 Å². The van der Waals surface area contributed by atoms with Gasteiger partial charge < -0.3 is 5.73 Å². The summed E-state index contributed by atoms with van der Waals surface area (Å²) in [4.78, 5) is 4.26. The molecule has 2 N–H and O–H groups in total. The summed E-state index contributed by atoms with van der Waals surface area (Å²) in [5.74, 6) is 0. The Hall–Kier alpha value is -1.98. The van der Waals surface area contributed by atoms with Crippen molar-refractivity contribution in [2.24, 2.45) is 5.73 Å². The van der Waals surface area contributed by atoms with Crippen molar-refractivity contribution in [1.82, 2.24) is 14.8 Å². The standard InChI is InChI=1S/C14H14N4S/c15-13(8-14-16-6-7-19-14)11-9-17-18(10-11)12-4-2-1-3-5-12/h1-7,9-10,13H,8,15H2. The van der Waals surface area contributed by atoms with Gasteiger partial charge in [-0.25, -0.2) is 9.67 Å². The van der Waals surface area contributed by atoms with Gasteiger partial charge >= 0.3 is 0 Å². The SMILES string of the molecule is NC(Cc1nccs1)c1cnn(-c2ccccc2)c1. The van der Waals surface area contributed by atoms with Crippen LogP contribution in [0.4, 0.5) is 0 Å². The van der Waals surface area contributed by atoms with Crippen LogP contribution in [0.1, 0.15) is 16.6 Å². The molecule has 96 valence electrons. The number of nitrogens with two attached hydrogens (primary N) is 1. The molecule has 19 heavy (non-hydrogen) atoms. The minimum absolute atomic E-state index is 0.0661. The molecule has 2 aromatic heterocycles. The molecule has 0 saturated carbocycles. The predicted molar refractivity (Wildman–Crippen MR) is 76.3 cm³/mol. The zero-order valence-electron chi connectivity index (χ0n) is 10.3. The molecule has 0 aliphatic rings. The first-order valence-electron chi connectivity index (χ1n) is 6.07. The van der Waals surface area contributed by atoms with Gasteiger partial charge in [-0.15, -0.1) is 11.3 Å². The van der Waals surface area contributed by atoms with Crippen LogP contribution < -0.4 is 5.73 Å². The molecule has 0 spiro atoms. The molecule has 1 aromatic carbocycles. The Morgan fingerprint density at radius 1 is 1.26 bits per heavy atom. The lowest BCUT2D eigenvalue weighted by molar-refractivity contribution is 0.717. The monoisotopic (exact) mass is 270 g/mol. The van der Waals surface area contributed by atoms with Crippen molar-refractivity contribution in [2.75, 3.05) is 0 Å². The van der Waals surface area contributed by atoms with E-state index in [4.69, 9.17) is 5.73 Å². The molecule has 1 unspecified atom stereocenters. The molecule has 1 atom stereocenters. The molecule has 0 bridgehead atoms. The largest absolute Gasteiger partial charge is 0.324 e. The van der Waals surface area contributed by atoms with E-state index in [9.17, 15) is 0 Å². The summed E-state index contributed by atoms with van der Waals surface area (Å²) >= 11 is 1.63. The van der Waals surface area contributed by atoms with E-state index < -0.39 is 0 Å². The van der Waals surface area contributed by atoms with Crippen LogP contribution in [0.5, 0.6) is 0 Å². The van der Waals surface area contributed by atoms with Crippen molar-refractivity contribution in [1.29, 1.82) is 0 Å². The van der Waals surface area contributed by atoms with Gasteiger partial charge in [0.25, 0.3) is 0 Å². The quantitative estimate of drug-likeness (QED) is 0.792. The van der Waals surface area contributed by atoms with Gasteiger partial charge in [0.15, 0.2) is 0 Å². The third-order valence-electron chi connectivity index (χ3n) is 2.93. The summed E-state index contributed by atoms with van der Waals surface area (Å²) in [7, 11) is 0. The topological polar surface area (TPSA) is 56.7 Å². The van der Waals surface area contributed by atoms with Crippen LogP contribution in [0.3, 0.4) is 0 Å². The number of hydrogen-bond acceptors (Lipinski definition) is 4. The minimum Gasteiger partial charge on any atom is -0.324 e. The first kappa shape index (κ1) is 12.1. The lowest BCUT2D eigenvalue weighted by atomic mass is 10.1. The van der Waals surface area contributed by atoms with Crippen LogP contribution >= 0.6 is 11.3 Å². The summed E-state index contributed by atoms with van der Waals surface area (Å²) < 4.78 is 1.84. The molecule has 0 saturated heterocycles. The molecule has 0 aliphatic carbocycles. The predicted octanol–water partition coefficient (Wildman–Crippen LogP) is 2.57. The second-order valence-electron chi connectivity index (χ2n) is 4.29. The van der Waals surface area contributed by atoms with Gasteiger partial charge in [0, 0.05) is 35.8 Å². The maximum absolute atomic E-state index is 6.19. The average Bonchev–Trinajstić information content (AvgIpc) is 3.10. The summed E-state index contributed by atoms with van der Waals surface area (Å²) in [6.07, 6.45) is 6.36. The van der Waals surface area contributed by atoms with Crippen molar-refractivity contribution in [3.8, 4) is 5.69 Å². The number of nitrogens with zero attached hydrogens (tertiary/aromatic N) is 3. The highest BCUT2D eigenvalue weighted by Gasteiger charge is 2.11. The van der Waals surface area contributed by atoms with Crippen LogP contribution in [-0.2, 0) is 6.42 Å². The van der Waals surface area contributed by atoms with E-state index in [1.54, 1.807) is 17.5 Å². The highest BCUT2D eigenvalue weighted by molar-refractivity contribution is 7.09. The molecule has 0 fully saturated rings. The fraction of sp³-hybridized carbons (Fsp3) is 0.143. The Morgan fingerprint density at radius 3 is 2.84 bits per heavy atom. The van der Waals surface area contributed by atoms with Gasteiger partial charge in [-0.3, -0.25) is 0 Å². The number of hydrogen-bond donors (Lipinski definition) is 1. The number of benzene rings is 1. The second kappa shape index (κ2) is 5.34. The Labute approximate surface area is 115 Å². The highest BCUT2D eigenvalue weighted by atomic mass is 32.1. The number of rotatable bonds is 4. The fourth-order valence-corrected chi connectivity index (χ4v) is 2.59. The number of para-hydroxylation sites is 1. The molecule has 2 heterocycles. The van der Waals surface area contributed by atoms with Crippen molar-refractivity contribution in [2.45, 2.75) is 12.5 Å². The van der Waals surface area contributed by atoms with E-state index in [1.165, 1.54) is 0 Å². The molecule has 0 amide bonds. The van der Waals surface area contributed by atoms with Gasteiger partial charge in [0.2, 0.25) is 0 Å². The van der Waals surface area contributed by atoms with E-state index >= 15 is 0 Å². The van der Waals surface area contributed by atoms with Crippen molar-refractivity contribution in [3.63, 3.8) is 0 Å². The molecule has 5 heteroatoms.